The SMILES string of the molecule is COc1ccc2nc(N3CCC(C(=O)Nc4ccc(N5CCOCC5)cc4)CC3)sc2c1. The molecule has 1 aromatic heterocycles. The molecule has 5 rings (SSSR count). The van der Waals surface area contributed by atoms with E-state index in [0.29, 0.717) is 0 Å². The molecule has 2 aliphatic heterocycles. The molecule has 3 aromatic rings. The first kappa shape index (κ1) is 21.0. The largest absolute Gasteiger partial charge is 0.497 e. The Kier molecular flexibility index (Phi) is 6.14. The first-order chi connectivity index (χ1) is 15.7. The van der Waals surface area contributed by atoms with Crippen LogP contribution in [-0.2, 0) is 9.53 Å². The van der Waals surface area contributed by atoms with E-state index in [9.17, 15) is 4.79 Å². The number of morpholine rings is 1. The smallest absolute Gasteiger partial charge is 0.227 e. The number of ether oxygens (including phenoxy) is 2. The lowest BCUT2D eigenvalue weighted by molar-refractivity contribution is -0.120. The van der Waals surface area contributed by atoms with Crippen molar-refractivity contribution >= 4 is 44.0 Å². The van der Waals surface area contributed by atoms with Crippen molar-refractivity contribution in [1.29, 1.82) is 0 Å². The number of aromatic nitrogens is 1. The third-order valence-corrected chi connectivity index (χ3v) is 7.31. The molecule has 2 saturated heterocycles. The second-order valence-corrected chi connectivity index (χ2v) is 9.24. The summed E-state index contributed by atoms with van der Waals surface area (Å²) in [6.45, 7) is 5.03. The summed E-state index contributed by atoms with van der Waals surface area (Å²) in [5.74, 6) is 0.985. The molecular formula is C24H28N4O3S. The van der Waals surface area contributed by atoms with Crippen LogP contribution < -0.4 is 19.9 Å². The first-order valence-electron chi connectivity index (χ1n) is 11.1. The number of anilines is 3. The van der Waals surface area contributed by atoms with Gasteiger partial charge in [0.1, 0.15) is 5.75 Å². The van der Waals surface area contributed by atoms with E-state index in [1.165, 1.54) is 5.69 Å². The summed E-state index contributed by atoms with van der Waals surface area (Å²) in [5, 5.41) is 4.12. The number of fused-ring (bicyclic) bond motifs is 1. The molecule has 0 spiro atoms. The maximum absolute atomic E-state index is 12.8. The number of amides is 1. The molecule has 1 amide bonds. The topological polar surface area (TPSA) is 66.9 Å². The standard InChI is InChI=1S/C24H28N4O3S/c1-30-20-6-7-21-22(16-20)32-24(26-21)28-10-8-17(9-11-28)23(29)25-18-2-4-19(5-3-18)27-12-14-31-15-13-27/h2-7,16-17H,8-15H2,1H3,(H,25,29). The summed E-state index contributed by atoms with van der Waals surface area (Å²) in [7, 11) is 1.68. The van der Waals surface area contributed by atoms with Crippen molar-refractivity contribution in [3.8, 4) is 5.75 Å². The molecule has 2 aromatic carbocycles. The zero-order valence-corrected chi connectivity index (χ0v) is 19.1. The fourth-order valence-corrected chi connectivity index (χ4v) is 5.36. The lowest BCUT2D eigenvalue weighted by atomic mass is 9.96. The number of thiazole rings is 1. The van der Waals surface area contributed by atoms with Gasteiger partial charge < -0.3 is 24.6 Å². The van der Waals surface area contributed by atoms with Crippen molar-refractivity contribution in [1.82, 2.24) is 4.98 Å². The minimum Gasteiger partial charge on any atom is -0.497 e. The number of rotatable bonds is 5. The van der Waals surface area contributed by atoms with Crippen molar-refractivity contribution in [2.24, 2.45) is 5.92 Å². The van der Waals surface area contributed by atoms with Gasteiger partial charge in [-0.15, -0.1) is 0 Å². The monoisotopic (exact) mass is 452 g/mol. The van der Waals surface area contributed by atoms with Gasteiger partial charge in [-0.05, 0) is 55.3 Å². The van der Waals surface area contributed by atoms with Crippen LogP contribution in [0.25, 0.3) is 10.2 Å². The number of piperidine rings is 1. The van der Waals surface area contributed by atoms with Gasteiger partial charge in [-0.1, -0.05) is 11.3 Å². The van der Waals surface area contributed by atoms with Crippen LogP contribution in [0, 0.1) is 5.92 Å². The van der Waals surface area contributed by atoms with E-state index in [4.69, 9.17) is 14.5 Å². The highest BCUT2D eigenvalue weighted by Crippen LogP contribution is 2.33. The lowest BCUT2D eigenvalue weighted by Crippen LogP contribution is -2.38. The van der Waals surface area contributed by atoms with E-state index in [1.807, 2.05) is 30.3 Å². The van der Waals surface area contributed by atoms with Crippen LogP contribution in [0.15, 0.2) is 42.5 Å². The summed E-state index contributed by atoms with van der Waals surface area (Å²) in [6, 6.07) is 14.1. The summed E-state index contributed by atoms with van der Waals surface area (Å²) in [4.78, 5) is 22.2. The molecule has 0 atom stereocenters. The number of hydrogen-bond donors (Lipinski definition) is 1. The molecule has 8 heteroatoms. The van der Waals surface area contributed by atoms with Crippen molar-refractivity contribution in [3.63, 3.8) is 0 Å². The van der Waals surface area contributed by atoms with Crippen molar-refractivity contribution in [3.05, 3.63) is 42.5 Å². The van der Waals surface area contributed by atoms with E-state index >= 15 is 0 Å². The van der Waals surface area contributed by atoms with Gasteiger partial charge in [-0.25, -0.2) is 4.98 Å². The molecule has 7 nitrogen and oxygen atoms in total. The van der Waals surface area contributed by atoms with Crippen molar-refractivity contribution in [2.45, 2.75) is 12.8 Å². The minimum atomic E-state index is 0.0274. The van der Waals surface area contributed by atoms with Gasteiger partial charge in [0.05, 0.1) is 30.5 Å². The summed E-state index contributed by atoms with van der Waals surface area (Å²) < 4.78 is 11.9. The van der Waals surface area contributed by atoms with Crippen LogP contribution >= 0.6 is 11.3 Å². The van der Waals surface area contributed by atoms with Gasteiger partial charge in [-0.3, -0.25) is 4.79 Å². The normalized spacial score (nSPS) is 17.5. The quantitative estimate of drug-likeness (QED) is 0.631. The molecule has 0 unspecified atom stereocenters. The third-order valence-electron chi connectivity index (χ3n) is 6.23. The minimum absolute atomic E-state index is 0.0274. The van der Waals surface area contributed by atoms with E-state index in [1.54, 1.807) is 18.4 Å². The third kappa shape index (κ3) is 4.52. The predicted octanol–water partition coefficient (Wildman–Crippen LogP) is 4.00. The molecule has 0 saturated carbocycles. The molecule has 0 bridgehead atoms. The van der Waals surface area contributed by atoms with Crippen molar-refractivity contribution < 1.29 is 14.3 Å². The Balaban J connectivity index is 1.16. The van der Waals surface area contributed by atoms with Gasteiger partial charge in [0.25, 0.3) is 0 Å². The zero-order valence-electron chi connectivity index (χ0n) is 18.3. The number of benzene rings is 2. The summed E-state index contributed by atoms with van der Waals surface area (Å²) in [5.41, 5.74) is 3.02. The van der Waals surface area contributed by atoms with Crippen LogP contribution in [0.2, 0.25) is 0 Å². The van der Waals surface area contributed by atoms with Gasteiger partial charge >= 0.3 is 0 Å². The van der Waals surface area contributed by atoms with Crippen LogP contribution in [0.3, 0.4) is 0 Å². The van der Waals surface area contributed by atoms with Crippen LogP contribution in [0.5, 0.6) is 5.75 Å². The number of methoxy groups -OCH3 is 1. The van der Waals surface area contributed by atoms with E-state index < -0.39 is 0 Å². The lowest BCUT2D eigenvalue weighted by Gasteiger charge is -2.31. The number of carbonyl (C=O) groups excluding carboxylic acids is 1. The molecule has 1 N–H and O–H groups in total. The molecule has 32 heavy (non-hydrogen) atoms. The Morgan fingerprint density at radius 2 is 1.81 bits per heavy atom. The van der Waals surface area contributed by atoms with Gasteiger partial charge in [-0.2, -0.15) is 0 Å². The average molecular weight is 453 g/mol. The highest BCUT2D eigenvalue weighted by molar-refractivity contribution is 7.22. The number of hydrogen-bond acceptors (Lipinski definition) is 7. The number of nitrogens with one attached hydrogen (secondary N) is 1. The fraction of sp³-hybridized carbons (Fsp3) is 0.417. The molecule has 2 fully saturated rings. The second kappa shape index (κ2) is 9.34. The Labute approximate surface area is 191 Å². The maximum Gasteiger partial charge on any atom is 0.227 e. The Bertz CT molecular complexity index is 1070. The maximum atomic E-state index is 12.8. The zero-order chi connectivity index (χ0) is 21.9. The van der Waals surface area contributed by atoms with Gasteiger partial charge in [0.15, 0.2) is 5.13 Å². The van der Waals surface area contributed by atoms with Gasteiger partial charge in [0.2, 0.25) is 5.91 Å². The highest BCUT2D eigenvalue weighted by Gasteiger charge is 2.26. The first-order valence-corrected chi connectivity index (χ1v) is 11.9. The van der Waals surface area contributed by atoms with E-state index in [0.717, 1.165) is 79.0 Å². The Hall–Kier alpha value is -2.84. The van der Waals surface area contributed by atoms with E-state index in [-0.39, 0.29) is 11.8 Å². The molecule has 0 radical (unpaired) electrons. The molecule has 2 aliphatic rings. The number of nitrogens with zero attached hydrogens (tertiary/aromatic N) is 3. The number of carbonyl (C=O) groups is 1. The Morgan fingerprint density at radius 3 is 2.53 bits per heavy atom. The highest BCUT2D eigenvalue weighted by atomic mass is 32.1. The van der Waals surface area contributed by atoms with Crippen LogP contribution in [0.4, 0.5) is 16.5 Å². The van der Waals surface area contributed by atoms with Crippen LogP contribution in [-0.4, -0.2) is 57.4 Å². The second-order valence-electron chi connectivity index (χ2n) is 8.23. The predicted molar refractivity (Wildman–Crippen MR) is 129 cm³/mol. The molecule has 3 heterocycles. The Morgan fingerprint density at radius 1 is 1.06 bits per heavy atom. The fourth-order valence-electron chi connectivity index (χ4n) is 4.31. The van der Waals surface area contributed by atoms with Crippen LogP contribution in [0.1, 0.15) is 12.8 Å². The van der Waals surface area contributed by atoms with Gasteiger partial charge in [0, 0.05) is 43.5 Å². The average Bonchev–Trinajstić information content (AvgIpc) is 3.28. The molecule has 0 aliphatic carbocycles. The summed E-state index contributed by atoms with van der Waals surface area (Å²) in [6.07, 6.45) is 1.66. The van der Waals surface area contributed by atoms with Crippen molar-refractivity contribution in [2.75, 3.05) is 61.6 Å². The van der Waals surface area contributed by atoms with E-state index in [2.05, 4.69) is 27.2 Å². The summed E-state index contributed by atoms with van der Waals surface area (Å²) >= 11 is 1.68. The molecule has 168 valence electrons. The molecular weight excluding hydrogens is 424 g/mol.